The zero-order valence-corrected chi connectivity index (χ0v) is 19.8. The van der Waals surface area contributed by atoms with E-state index < -0.39 is 9.84 Å². The largest absolute Gasteiger partial charge is 0.490 e. The van der Waals surface area contributed by atoms with Crippen molar-refractivity contribution in [3.05, 3.63) is 70.9 Å². The van der Waals surface area contributed by atoms with Crippen molar-refractivity contribution in [3.63, 3.8) is 0 Å². The molecule has 1 aliphatic rings. The minimum Gasteiger partial charge on any atom is -0.490 e. The number of hydrogen-bond donors (Lipinski definition) is 0. The average molecular weight is 469 g/mol. The highest BCUT2D eigenvalue weighted by Gasteiger charge is 2.22. The van der Waals surface area contributed by atoms with Gasteiger partial charge in [0.15, 0.2) is 9.84 Å². The molecule has 0 N–H and O–H groups in total. The van der Waals surface area contributed by atoms with Crippen LogP contribution in [0.3, 0.4) is 0 Å². The number of hydrogen-bond acceptors (Lipinski definition) is 7. The number of sulfone groups is 1. The van der Waals surface area contributed by atoms with Crippen molar-refractivity contribution in [1.82, 2.24) is 14.5 Å². The van der Waals surface area contributed by atoms with Gasteiger partial charge < -0.3 is 9.64 Å². The van der Waals surface area contributed by atoms with Crippen LogP contribution in [-0.4, -0.2) is 48.4 Å². The Kier molecular flexibility index (Phi) is 6.51. The van der Waals surface area contributed by atoms with Gasteiger partial charge in [0.05, 0.1) is 4.90 Å². The smallest absolute Gasteiger partial charge is 0.258 e. The molecule has 3 heterocycles. The predicted molar refractivity (Wildman–Crippen MR) is 127 cm³/mol. The summed E-state index contributed by atoms with van der Waals surface area (Å²) in [5, 5.41) is 0. The third kappa shape index (κ3) is 5.42. The Hall–Kier alpha value is -3.20. The maximum absolute atomic E-state index is 12.6. The summed E-state index contributed by atoms with van der Waals surface area (Å²) >= 11 is 0. The Labute approximate surface area is 193 Å². The summed E-state index contributed by atoms with van der Waals surface area (Å²) in [5.41, 5.74) is 1.48. The zero-order valence-electron chi connectivity index (χ0n) is 19.0. The van der Waals surface area contributed by atoms with Gasteiger partial charge in [0, 0.05) is 62.5 Å². The Morgan fingerprint density at radius 2 is 1.67 bits per heavy atom. The Bertz CT molecular complexity index is 1260. The Morgan fingerprint density at radius 3 is 2.21 bits per heavy atom. The lowest BCUT2D eigenvalue weighted by molar-refractivity contribution is 0.170. The van der Waals surface area contributed by atoms with Gasteiger partial charge in [0.1, 0.15) is 11.9 Å². The lowest BCUT2D eigenvalue weighted by atomic mass is 10.1. The van der Waals surface area contributed by atoms with Crippen LogP contribution in [0.2, 0.25) is 0 Å². The van der Waals surface area contributed by atoms with Crippen LogP contribution in [0.5, 0.6) is 5.75 Å². The summed E-state index contributed by atoms with van der Waals surface area (Å²) in [6.07, 6.45) is 8.21. The Balaban J connectivity index is 1.37. The number of pyridine rings is 1. The molecule has 33 heavy (non-hydrogen) atoms. The topological polar surface area (TPSA) is 94.4 Å². The van der Waals surface area contributed by atoms with E-state index in [4.69, 9.17) is 4.74 Å². The predicted octanol–water partition coefficient (Wildman–Crippen LogP) is 3.20. The second kappa shape index (κ2) is 9.35. The lowest BCUT2D eigenvalue weighted by Crippen LogP contribution is -2.39. The minimum atomic E-state index is -3.28. The number of nitrogens with zero attached hydrogens (tertiary/aromatic N) is 4. The van der Waals surface area contributed by atoms with Gasteiger partial charge in [-0.1, -0.05) is 13.8 Å². The lowest BCUT2D eigenvalue weighted by Gasteiger charge is -2.32. The van der Waals surface area contributed by atoms with Gasteiger partial charge in [0.2, 0.25) is 5.95 Å². The molecule has 9 heteroatoms. The number of benzene rings is 1. The van der Waals surface area contributed by atoms with Gasteiger partial charge in [-0.3, -0.25) is 9.36 Å². The van der Waals surface area contributed by atoms with Crippen molar-refractivity contribution in [1.29, 1.82) is 0 Å². The highest BCUT2D eigenvalue weighted by Crippen LogP contribution is 2.22. The molecule has 2 aromatic heterocycles. The van der Waals surface area contributed by atoms with Crippen LogP contribution in [-0.2, 0) is 9.84 Å². The molecule has 0 unspecified atom stereocenters. The van der Waals surface area contributed by atoms with Gasteiger partial charge in [0.25, 0.3) is 5.56 Å². The standard InChI is InChI=1S/C24H28N4O4S/c1-17(2)18-15-25-24(26-16-18)27-11-8-20(9-12-27)32-21-10-13-28(23(29)14-21)19-4-6-22(7-5-19)33(3,30)31/h4-7,10,13-17,20H,8-9,11-12H2,1-3H3. The van der Waals surface area contributed by atoms with Crippen molar-refractivity contribution in [2.45, 2.75) is 43.6 Å². The SMILES string of the molecule is CC(C)c1cnc(N2CCC(Oc3ccn(-c4ccc(S(C)(=O)=O)cc4)c(=O)c3)CC2)nc1. The molecule has 0 aliphatic carbocycles. The normalized spacial score (nSPS) is 15.1. The minimum absolute atomic E-state index is 0.0143. The summed E-state index contributed by atoms with van der Waals surface area (Å²) < 4.78 is 30.8. The van der Waals surface area contributed by atoms with E-state index in [1.807, 2.05) is 12.4 Å². The molecule has 4 rings (SSSR count). The van der Waals surface area contributed by atoms with E-state index in [9.17, 15) is 13.2 Å². The van der Waals surface area contributed by atoms with E-state index in [1.165, 1.54) is 22.8 Å². The van der Waals surface area contributed by atoms with Gasteiger partial charge in [-0.2, -0.15) is 0 Å². The van der Waals surface area contributed by atoms with Crippen LogP contribution in [0.4, 0.5) is 5.95 Å². The summed E-state index contributed by atoms with van der Waals surface area (Å²) in [5.74, 6) is 1.67. The number of rotatable bonds is 6. The molecule has 1 aromatic carbocycles. The number of ether oxygens (including phenoxy) is 1. The first-order valence-electron chi connectivity index (χ1n) is 11.0. The molecular weight excluding hydrogens is 440 g/mol. The summed E-state index contributed by atoms with van der Waals surface area (Å²) in [6, 6.07) is 9.44. The third-order valence-corrected chi connectivity index (χ3v) is 6.91. The zero-order chi connectivity index (χ0) is 23.6. The molecule has 174 valence electrons. The fourth-order valence-electron chi connectivity index (χ4n) is 3.76. The summed E-state index contributed by atoms with van der Waals surface area (Å²) in [7, 11) is -3.28. The molecule has 0 radical (unpaired) electrons. The van der Waals surface area contributed by atoms with Crippen LogP contribution in [0.25, 0.3) is 5.69 Å². The van der Waals surface area contributed by atoms with Gasteiger partial charge in [-0.05, 0) is 41.8 Å². The molecule has 0 atom stereocenters. The van der Waals surface area contributed by atoms with Gasteiger partial charge in [-0.15, -0.1) is 0 Å². The maximum Gasteiger partial charge on any atom is 0.258 e. The molecule has 1 saturated heterocycles. The van der Waals surface area contributed by atoms with Gasteiger partial charge >= 0.3 is 0 Å². The molecule has 0 amide bonds. The summed E-state index contributed by atoms with van der Waals surface area (Å²) in [6.45, 7) is 5.81. The molecule has 8 nitrogen and oxygen atoms in total. The second-order valence-electron chi connectivity index (χ2n) is 8.61. The quantitative estimate of drug-likeness (QED) is 0.548. The van der Waals surface area contributed by atoms with Crippen molar-refractivity contribution < 1.29 is 13.2 Å². The molecule has 1 fully saturated rings. The number of anilines is 1. The van der Waals surface area contributed by atoms with E-state index >= 15 is 0 Å². The van der Waals surface area contributed by atoms with Crippen LogP contribution in [0.1, 0.15) is 38.2 Å². The summed E-state index contributed by atoms with van der Waals surface area (Å²) in [4.78, 5) is 24.0. The molecule has 0 saturated carbocycles. The third-order valence-electron chi connectivity index (χ3n) is 5.79. The van der Waals surface area contributed by atoms with E-state index in [2.05, 4.69) is 28.7 Å². The van der Waals surface area contributed by atoms with E-state index in [0.29, 0.717) is 17.4 Å². The van der Waals surface area contributed by atoms with Crippen LogP contribution < -0.4 is 15.2 Å². The first-order chi connectivity index (χ1) is 15.7. The monoisotopic (exact) mass is 468 g/mol. The van der Waals surface area contributed by atoms with Crippen LogP contribution >= 0.6 is 0 Å². The van der Waals surface area contributed by atoms with E-state index in [-0.39, 0.29) is 16.6 Å². The van der Waals surface area contributed by atoms with E-state index in [1.54, 1.807) is 24.4 Å². The second-order valence-corrected chi connectivity index (χ2v) is 10.6. The van der Waals surface area contributed by atoms with Crippen LogP contribution in [0, 0.1) is 0 Å². The highest BCUT2D eigenvalue weighted by molar-refractivity contribution is 7.90. The fraction of sp³-hybridized carbons (Fsp3) is 0.375. The highest BCUT2D eigenvalue weighted by atomic mass is 32.2. The molecule has 3 aromatic rings. The first-order valence-corrected chi connectivity index (χ1v) is 12.9. The maximum atomic E-state index is 12.6. The molecular formula is C24H28N4O4S. The number of piperidine rings is 1. The number of aromatic nitrogens is 3. The molecule has 0 bridgehead atoms. The van der Waals surface area contributed by atoms with E-state index in [0.717, 1.165) is 43.7 Å². The van der Waals surface area contributed by atoms with Crippen molar-refractivity contribution in [3.8, 4) is 11.4 Å². The van der Waals surface area contributed by atoms with Crippen molar-refractivity contribution >= 4 is 15.8 Å². The van der Waals surface area contributed by atoms with Crippen molar-refractivity contribution in [2.24, 2.45) is 0 Å². The molecule has 0 spiro atoms. The van der Waals surface area contributed by atoms with Crippen molar-refractivity contribution in [2.75, 3.05) is 24.2 Å². The fourth-order valence-corrected chi connectivity index (χ4v) is 4.39. The average Bonchev–Trinajstić information content (AvgIpc) is 2.79. The van der Waals surface area contributed by atoms with Gasteiger partial charge in [-0.25, -0.2) is 18.4 Å². The van der Waals surface area contributed by atoms with Crippen LogP contribution in [0.15, 0.2) is 64.7 Å². The Morgan fingerprint density at radius 1 is 1.03 bits per heavy atom. The molecule has 1 aliphatic heterocycles. The first kappa shape index (κ1) is 23.0.